The second-order valence-electron chi connectivity index (χ2n) is 6.14. The highest BCUT2D eigenvalue weighted by atomic mass is 32.2. The number of hydrogen-bond acceptors (Lipinski definition) is 4. The summed E-state index contributed by atoms with van der Waals surface area (Å²) in [6, 6.07) is 6.42. The number of hydrogen-bond donors (Lipinski definition) is 0. The van der Waals surface area contributed by atoms with Crippen molar-refractivity contribution in [1.82, 2.24) is 9.80 Å². The predicted octanol–water partition coefficient (Wildman–Crippen LogP) is 2.57. The molecular weight excluding hydrogens is 324 g/mol. The molecule has 1 fully saturated rings. The van der Waals surface area contributed by atoms with Crippen molar-refractivity contribution in [3.8, 4) is 0 Å². The number of carbonyl (C=O) groups excluding carboxylic acids is 2. The standard InChI is InChI=1S/C18H24N2O3S/c1-2-23-18(22)20-9-7-19(8-10-20)17(21)13-14-5-6-16-15(12-14)4-3-11-24-16/h5-6,12H,2-4,7-11,13H2,1H3. The van der Waals surface area contributed by atoms with Crippen LogP contribution in [0.3, 0.4) is 0 Å². The second-order valence-corrected chi connectivity index (χ2v) is 7.27. The van der Waals surface area contributed by atoms with Gasteiger partial charge in [-0.1, -0.05) is 12.1 Å². The summed E-state index contributed by atoms with van der Waals surface area (Å²) < 4.78 is 5.01. The summed E-state index contributed by atoms with van der Waals surface area (Å²) in [5.41, 5.74) is 2.47. The van der Waals surface area contributed by atoms with Crippen LogP contribution in [0.5, 0.6) is 0 Å². The average Bonchev–Trinajstić information content (AvgIpc) is 2.62. The molecule has 2 heterocycles. The summed E-state index contributed by atoms with van der Waals surface area (Å²) in [5.74, 6) is 1.33. The summed E-state index contributed by atoms with van der Waals surface area (Å²) in [4.78, 5) is 29.1. The lowest BCUT2D eigenvalue weighted by Crippen LogP contribution is -2.51. The molecule has 1 aromatic rings. The number of carbonyl (C=O) groups is 2. The minimum atomic E-state index is -0.281. The fraction of sp³-hybridized carbons (Fsp3) is 0.556. The zero-order chi connectivity index (χ0) is 16.9. The van der Waals surface area contributed by atoms with Crippen molar-refractivity contribution in [2.45, 2.75) is 31.1 Å². The lowest BCUT2D eigenvalue weighted by Gasteiger charge is -2.34. The smallest absolute Gasteiger partial charge is 0.409 e. The Morgan fingerprint density at radius 2 is 1.92 bits per heavy atom. The molecule has 6 heteroatoms. The summed E-state index contributed by atoms with van der Waals surface area (Å²) in [6.07, 6.45) is 2.49. The van der Waals surface area contributed by atoms with E-state index in [0.717, 1.165) is 12.0 Å². The lowest BCUT2D eigenvalue weighted by atomic mass is 10.0. The van der Waals surface area contributed by atoms with Gasteiger partial charge in [0.05, 0.1) is 13.0 Å². The largest absolute Gasteiger partial charge is 0.450 e. The third-order valence-corrected chi connectivity index (χ3v) is 5.69. The Kier molecular flexibility index (Phi) is 5.66. The van der Waals surface area contributed by atoms with E-state index in [-0.39, 0.29) is 12.0 Å². The number of benzene rings is 1. The van der Waals surface area contributed by atoms with E-state index in [0.29, 0.717) is 39.2 Å². The van der Waals surface area contributed by atoms with Crippen LogP contribution in [0, 0.1) is 0 Å². The molecule has 130 valence electrons. The normalized spacial score (nSPS) is 17.4. The number of aryl methyl sites for hydroxylation is 1. The highest BCUT2D eigenvalue weighted by Gasteiger charge is 2.25. The van der Waals surface area contributed by atoms with Crippen molar-refractivity contribution in [3.63, 3.8) is 0 Å². The molecule has 5 nitrogen and oxygen atoms in total. The Balaban J connectivity index is 1.53. The molecule has 0 atom stereocenters. The maximum absolute atomic E-state index is 12.5. The van der Waals surface area contributed by atoms with E-state index < -0.39 is 0 Å². The maximum Gasteiger partial charge on any atom is 0.409 e. The number of amides is 2. The molecule has 2 aliphatic rings. The number of fused-ring (bicyclic) bond motifs is 1. The molecule has 0 aliphatic carbocycles. The van der Waals surface area contributed by atoms with Gasteiger partial charge >= 0.3 is 6.09 Å². The van der Waals surface area contributed by atoms with Gasteiger partial charge in [0, 0.05) is 31.1 Å². The van der Waals surface area contributed by atoms with Crippen LogP contribution in [0.1, 0.15) is 24.5 Å². The van der Waals surface area contributed by atoms with Crippen molar-refractivity contribution in [1.29, 1.82) is 0 Å². The molecule has 2 amide bonds. The van der Waals surface area contributed by atoms with Gasteiger partial charge in [0.25, 0.3) is 0 Å². The van der Waals surface area contributed by atoms with Gasteiger partial charge in [-0.15, -0.1) is 11.8 Å². The number of nitrogens with zero attached hydrogens (tertiary/aromatic N) is 2. The van der Waals surface area contributed by atoms with Crippen LogP contribution < -0.4 is 0 Å². The molecule has 24 heavy (non-hydrogen) atoms. The molecule has 2 aliphatic heterocycles. The molecule has 1 aromatic carbocycles. The highest BCUT2D eigenvalue weighted by molar-refractivity contribution is 7.99. The number of rotatable bonds is 3. The minimum Gasteiger partial charge on any atom is -0.450 e. The van der Waals surface area contributed by atoms with Gasteiger partial charge in [-0.3, -0.25) is 4.79 Å². The lowest BCUT2D eigenvalue weighted by molar-refractivity contribution is -0.132. The van der Waals surface area contributed by atoms with Gasteiger partial charge in [0.2, 0.25) is 5.91 Å². The van der Waals surface area contributed by atoms with Crippen molar-refractivity contribution in [2.75, 3.05) is 38.5 Å². The van der Waals surface area contributed by atoms with E-state index in [1.807, 2.05) is 16.7 Å². The molecule has 0 saturated carbocycles. The number of piperazine rings is 1. The quantitative estimate of drug-likeness (QED) is 0.842. The Bertz CT molecular complexity index is 612. The van der Waals surface area contributed by atoms with Crippen LogP contribution >= 0.6 is 11.8 Å². The van der Waals surface area contributed by atoms with Crippen LogP contribution in [0.25, 0.3) is 0 Å². The van der Waals surface area contributed by atoms with Crippen LogP contribution in [-0.4, -0.2) is 60.3 Å². The SMILES string of the molecule is CCOC(=O)N1CCN(C(=O)Cc2ccc3c(c2)CCCS3)CC1. The van der Waals surface area contributed by atoms with E-state index in [1.54, 1.807) is 11.8 Å². The van der Waals surface area contributed by atoms with Crippen LogP contribution in [0.15, 0.2) is 23.1 Å². The van der Waals surface area contributed by atoms with Crippen molar-refractivity contribution in [2.24, 2.45) is 0 Å². The van der Waals surface area contributed by atoms with E-state index in [1.165, 1.54) is 22.6 Å². The van der Waals surface area contributed by atoms with Gasteiger partial charge in [-0.2, -0.15) is 0 Å². The predicted molar refractivity (Wildman–Crippen MR) is 94.4 cm³/mol. The van der Waals surface area contributed by atoms with Crippen molar-refractivity contribution >= 4 is 23.8 Å². The molecular formula is C18H24N2O3S. The Labute approximate surface area is 147 Å². The van der Waals surface area contributed by atoms with Gasteiger partial charge in [-0.05, 0) is 42.7 Å². The number of thioether (sulfide) groups is 1. The van der Waals surface area contributed by atoms with Crippen LogP contribution in [-0.2, 0) is 22.4 Å². The summed E-state index contributed by atoms with van der Waals surface area (Å²) in [7, 11) is 0. The fourth-order valence-electron chi connectivity index (χ4n) is 3.16. The topological polar surface area (TPSA) is 49.9 Å². The fourth-order valence-corrected chi connectivity index (χ4v) is 4.18. The summed E-state index contributed by atoms with van der Waals surface area (Å²) >= 11 is 1.91. The Hall–Kier alpha value is -1.69. The van der Waals surface area contributed by atoms with Gasteiger partial charge in [0.1, 0.15) is 0 Å². The van der Waals surface area contributed by atoms with E-state index in [9.17, 15) is 9.59 Å². The maximum atomic E-state index is 12.5. The third-order valence-electron chi connectivity index (χ3n) is 4.49. The molecule has 1 saturated heterocycles. The van der Waals surface area contributed by atoms with Crippen LogP contribution in [0.4, 0.5) is 4.79 Å². The van der Waals surface area contributed by atoms with Gasteiger partial charge < -0.3 is 14.5 Å². The second kappa shape index (κ2) is 7.92. The molecule has 0 N–H and O–H groups in total. The van der Waals surface area contributed by atoms with Gasteiger partial charge in [0.15, 0.2) is 0 Å². The third kappa shape index (κ3) is 4.04. The van der Waals surface area contributed by atoms with Crippen molar-refractivity contribution in [3.05, 3.63) is 29.3 Å². The molecule has 0 radical (unpaired) electrons. The number of ether oxygens (including phenoxy) is 1. The Morgan fingerprint density at radius 3 is 2.67 bits per heavy atom. The first-order chi connectivity index (χ1) is 11.7. The zero-order valence-electron chi connectivity index (χ0n) is 14.1. The van der Waals surface area contributed by atoms with E-state index >= 15 is 0 Å². The molecule has 0 unspecified atom stereocenters. The zero-order valence-corrected chi connectivity index (χ0v) is 14.9. The average molecular weight is 348 g/mol. The summed E-state index contributed by atoms with van der Waals surface area (Å²) in [6.45, 7) is 4.44. The van der Waals surface area contributed by atoms with Crippen LogP contribution in [0.2, 0.25) is 0 Å². The minimum absolute atomic E-state index is 0.141. The molecule has 0 aromatic heterocycles. The monoisotopic (exact) mass is 348 g/mol. The first-order valence-electron chi connectivity index (χ1n) is 8.61. The molecule has 3 rings (SSSR count). The van der Waals surface area contributed by atoms with Crippen molar-refractivity contribution < 1.29 is 14.3 Å². The first kappa shape index (κ1) is 17.1. The Morgan fingerprint density at radius 1 is 1.17 bits per heavy atom. The summed E-state index contributed by atoms with van der Waals surface area (Å²) in [5, 5.41) is 0. The van der Waals surface area contributed by atoms with E-state index in [2.05, 4.69) is 18.2 Å². The molecule has 0 spiro atoms. The highest BCUT2D eigenvalue weighted by Crippen LogP contribution is 2.30. The molecule has 0 bridgehead atoms. The van der Waals surface area contributed by atoms with E-state index in [4.69, 9.17) is 4.74 Å². The first-order valence-corrected chi connectivity index (χ1v) is 9.60. The van der Waals surface area contributed by atoms with Gasteiger partial charge in [-0.25, -0.2) is 4.79 Å².